The molecular formula is C24H30O. The molecule has 1 heteroatoms. The van der Waals surface area contributed by atoms with E-state index in [1.165, 1.54) is 37.7 Å². The lowest BCUT2D eigenvalue weighted by molar-refractivity contribution is -0.198. The van der Waals surface area contributed by atoms with Gasteiger partial charge in [0.1, 0.15) is 0 Å². The van der Waals surface area contributed by atoms with Gasteiger partial charge in [0.15, 0.2) is 5.78 Å². The van der Waals surface area contributed by atoms with E-state index in [4.69, 9.17) is 0 Å². The Morgan fingerprint density at radius 1 is 1.12 bits per heavy atom. The molecule has 0 saturated heterocycles. The molecule has 6 aliphatic carbocycles. The van der Waals surface area contributed by atoms with Gasteiger partial charge in [-0.25, -0.2) is 0 Å². The van der Waals surface area contributed by atoms with Crippen LogP contribution < -0.4 is 0 Å². The molecule has 1 nitrogen and oxygen atoms in total. The summed E-state index contributed by atoms with van der Waals surface area (Å²) in [5.74, 6) is 5.40. The van der Waals surface area contributed by atoms with Gasteiger partial charge in [-0.1, -0.05) is 36.3 Å². The second kappa shape index (κ2) is 4.59. The zero-order valence-electron chi connectivity index (χ0n) is 15.6. The Hall–Kier alpha value is -1.11. The quantitative estimate of drug-likeness (QED) is 0.536. The van der Waals surface area contributed by atoms with E-state index >= 15 is 0 Å². The van der Waals surface area contributed by atoms with E-state index in [9.17, 15) is 4.79 Å². The summed E-state index contributed by atoms with van der Waals surface area (Å²) in [5, 5.41) is 0. The van der Waals surface area contributed by atoms with Crippen LogP contribution in [-0.4, -0.2) is 5.78 Å². The van der Waals surface area contributed by atoms with Gasteiger partial charge in [-0.05, 0) is 92.4 Å². The van der Waals surface area contributed by atoms with Crippen LogP contribution in [0.1, 0.15) is 58.8 Å². The minimum Gasteiger partial charge on any atom is -0.295 e. The molecule has 0 aliphatic heterocycles. The molecule has 0 N–H and O–H groups in total. The lowest BCUT2D eigenvalue weighted by Crippen LogP contribution is -2.66. The summed E-state index contributed by atoms with van der Waals surface area (Å²) in [6.45, 7) is 5.01. The SMILES string of the molecule is CC1=C[C@H]2C3CCC4=CC(=O)CCC4C3CCC23C(C)C2CC=CC123. The van der Waals surface area contributed by atoms with Crippen molar-refractivity contribution >= 4 is 5.78 Å². The minimum absolute atomic E-state index is 0.388. The van der Waals surface area contributed by atoms with Crippen LogP contribution in [-0.2, 0) is 4.79 Å². The number of ketones is 1. The van der Waals surface area contributed by atoms with Crippen LogP contribution in [0.5, 0.6) is 0 Å². The van der Waals surface area contributed by atoms with Crippen LogP contribution in [0.15, 0.2) is 35.5 Å². The predicted molar refractivity (Wildman–Crippen MR) is 99.8 cm³/mol. The largest absolute Gasteiger partial charge is 0.295 e. The van der Waals surface area contributed by atoms with Gasteiger partial charge in [-0.15, -0.1) is 0 Å². The van der Waals surface area contributed by atoms with Crippen LogP contribution in [0, 0.1) is 46.3 Å². The third-order valence-electron chi connectivity index (χ3n) is 9.93. The molecule has 0 amide bonds. The summed E-state index contributed by atoms with van der Waals surface area (Å²) in [6.07, 6.45) is 18.5. The summed E-state index contributed by atoms with van der Waals surface area (Å²) in [4.78, 5) is 11.9. The molecule has 3 fully saturated rings. The fraction of sp³-hybridized carbons (Fsp3) is 0.708. The number of hydrogen-bond donors (Lipinski definition) is 0. The first kappa shape index (κ1) is 15.0. The highest BCUT2D eigenvalue weighted by atomic mass is 16.1. The number of hydrogen-bond acceptors (Lipinski definition) is 1. The molecule has 7 unspecified atom stereocenters. The highest BCUT2D eigenvalue weighted by molar-refractivity contribution is 5.91. The molecule has 132 valence electrons. The number of carbonyl (C=O) groups is 1. The van der Waals surface area contributed by atoms with Gasteiger partial charge in [0.05, 0.1) is 0 Å². The normalized spacial score (nSPS) is 55.2. The molecule has 6 aliphatic rings. The first-order valence-electron chi connectivity index (χ1n) is 10.7. The van der Waals surface area contributed by atoms with E-state index in [2.05, 4.69) is 32.1 Å². The van der Waals surface area contributed by atoms with Crippen molar-refractivity contribution < 1.29 is 4.79 Å². The second-order valence-corrected chi connectivity index (χ2v) is 10.1. The molecule has 3 saturated carbocycles. The van der Waals surface area contributed by atoms with Gasteiger partial charge >= 0.3 is 0 Å². The Labute approximate surface area is 151 Å². The molecular weight excluding hydrogens is 304 g/mol. The minimum atomic E-state index is 0.388. The average Bonchev–Trinajstić information content (AvgIpc) is 3.12. The maximum absolute atomic E-state index is 11.9. The number of carbonyl (C=O) groups excluding carboxylic acids is 1. The van der Waals surface area contributed by atoms with Crippen molar-refractivity contribution in [1.82, 2.24) is 0 Å². The Morgan fingerprint density at radius 3 is 2.88 bits per heavy atom. The van der Waals surface area contributed by atoms with E-state index in [0.29, 0.717) is 16.6 Å². The van der Waals surface area contributed by atoms with Crippen LogP contribution in [0.4, 0.5) is 0 Å². The number of allylic oxidation sites excluding steroid dienone is 6. The van der Waals surface area contributed by atoms with Gasteiger partial charge in [-0.3, -0.25) is 4.79 Å². The average molecular weight is 335 g/mol. The fourth-order valence-corrected chi connectivity index (χ4v) is 9.21. The summed E-state index contributed by atoms with van der Waals surface area (Å²) in [6, 6.07) is 0. The molecule has 0 aromatic rings. The van der Waals surface area contributed by atoms with E-state index in [1.807, 2.05) is 6.08 Å². The van der Waals surface area contributed by atoms with Crippen LogP contribution in [0.25, 0.3) is 0 Å². The Kier molecular flexibility index (Phi) is 2.75. The molecule has 0 radical (unpaired) electrons. The van der Waals surface area contributed by atoms with Crippen LogP contribution >= 0.6 is 0 Å². The van der Waals surface area contributed by atoms with Crippen molar-refractivity contribution in [3.8, 4) is 0 Å². The standard InChI is InChI=1S/C24H30O/c1-14-12-22-20-7-5-16-13-17(25)6-8-18(16)19(20)9-11-24(22)15(2)21-4-3-10-23(14,21)24/h3,10,12-13,15,18-22H,4-9,11H2,1-2H3/t15?,18?,19?,20?,21?,22-,23?,24?/m0/s1. The van der Waals surface area contributed by atoms with Crippen molar-refractivity contribution in [2.45, 2.75) is 58.8 Å². The highest BCUT2D eigenvalue weighted by Crippen LogP contribution is 2.82. The van der Waals surface area contributed by atoms with Crippen LogP contribution in [0.3, 0.4) is 0 Å². The molecule has 0 aromatic heterocycles. The van der Waals surface area contributed by atoms with E-state index < -0.39 is 0 Å². The van der Waals surface area contributed by atoms with Crippen molar-refractivity contribution in [3.05, 3.63) is 35.5 Å². The van der Waals surface area contributed by atoms with Gasteiger partial charge in [-0.2, -0.15) is 0 Å². The molecule has 6 rings (SSSR count). The first-order chi connectivity index (χ1) is 12.1. The summed E-state index contributed by atoms with van der Waals surface area (Å²) in [5.41, 5.74) is 4.19. The smallest absolute Gasteiger partial charge is 0.155 e. The fourth-order valence-electron chi connectivity index (χ4n) is 9.21. The molecule has 0 bridgehead atoms. The number of rotatable bonds is 0. The topological polar surface area (TPSA) is 17.1 Å². The number of fused-ring (bicyclic) bond motifs is 4. The third kappa shape index (κ3) is 1.45. The maximum Gasteiger partial charge on any atom is 0.155 e. The summed E-state index contributed by atoms with van der Waals surface area (Å²) >= 11 is 0. The van der Waals surface area contributed by atoms with E-state index in [0.717, 1.165) is 48.3 Å². The van der Waals surface area contributed by atoms with Crippen LogP contribution in [0.2, 0.25) is 0 Å². The molecule has 25 heavy (non-hydrogen) atoms. The Morgan fingerprint density at radius 2 is 2.00 bits per heavy atom. The summed E-state index contributed by atoms with van der Waals surface area (Å²) < 4.78 is 0. The van der Waals surface area contributed by atoms with Gasteiger partial charge in [0.25, 0.3) is 0 Å². The molecule has 8 atom stereocenters. The van der Waals surface area contributed by atoms with E-state index in [1.54, 1.807) is 5.57 Å². The Bertz CT molecular complexity index is 754. The second-order valence-electron chi connectivity index (χ2n) is 10.1. The van der Waals surface area contributed by atoms with Crippen molar-refractivity contribution in [1.29, 1.82) is 0 Å². The van der Waals surface area contributed by atoms with Gasteiger partial charge in [0, 0.05) is 11.8 Å². The van der Waals surface area contributed by atoms with Gasteiger partial charge in [0.2, 0.25) is 0 Å². The first-order valence-corrected chi connectivity index (χ1v) is 10.7. The van der Waals surface area contributed by atoms with E-state index in [-0.39, 0.29) is 0 Å². The third-order valence-corrected chi connectivity index (χ3v) is 9.93. The zero-order valence-corrected chi connectivity index (χ0v) is 15.6. The maximum atomic E-state index is 11.9. The summed E-state index contributed by atoms with van der Waals surface area (Å²) in [7, 11) is 0. The van der Waals surface area contributed by atoms with Crippen molar-refractivity contribution in [2.75, 3.05) is 0 Å². The molecule has 0 heterocycles. The monoisotopic (exact) mass is 334 g/mol. The molecule has 0 aromatic carbocycles. The Balaban J connectivity index is 1.41. The lowest BCUT2D eigenvalue weighted by Gasteiger charge is -2.70. The molecule has 2 spiro atoms. The van der Waals surface area contributed by atoms with Crippen molar-refractivity contribution in [2.24, 2.45) is 46.3 Å². The highest BCUT2D eigenvalue weighted by Gasteiger charge is 2.76. The predicted octanol–water partition coefficient (Wildman–Crippen LogP) is 5.49. The van der Waals surface area contributed by atoms with Crippen molar-refractivity contribution in [3.63, 3.8) is 0 Å². The lowest BCUT2D eigenvalue weighted by atomic mass is 9.33. The van der Waals surface area contributed by atoms with Gasteiger partial charge < -0.3 is 0 Å². The zero-order chi connectivity index (χ0) is 17.0.